The maximum atomic E-state index is 14.8. The summed E-state index contributed by atoms with van der Waals surface area (Å²) in [6.07, 6.45) is 2.96. The Morgan fingerprint density at radius 2 is 1.74 bits per heavy atom. The summed E-state index contributed by atoms with van der Waals surface area (Å²) in [5.41, 5.74) is 0.983. The molecule has 2 amide bonds. The van der Waals surface area contributed by atoms with Crippen LogP contribution in [0.5, 0.6) is 0 Å². The zero-order chi connectivity index (χ0) is 27.7. The predicted molar refractivity (Wildman–Crippen MR) is 141 cm³/mol. The first-order chi connectivity index (χ1) is 17.9. The third-order valence-corrected chi connectivity index (χ3v) is 7.99. The Morgan fingerprint density at radius 3 is 2.31 bits per heavy atom. The molecule has 1 aliphatic carbocycles. The van der Waals surface area contributed by atoms with Crippen LogP contribution in [0.3, 0.4) is 0 Å². The molecule has 1 heterocycles. The molecule has 202 valence electrons. The monoisotopic (exact) mass is 543 g/mol. The molecule has 7 nitrogen and oxygen atoms in total. The normalized spacial score (nSPS) is 21.8. The molecule has 1 N–H and O–H groups in total. The Morgan fingerprint density at radius 1 is 1.13 bits per heavy atom. The van der Waals surface area contributed by atoms with Gasteiger partial charge in [-0.15, -0.1) is 0 Å². The van der Waals surface area contributed by atoms with Crippen molar-refractivity contribution in [2.45, 2.75) is 71.5 Å². The van der Waals surface area contributed by atoms with Crippen molar-refractivity contribution in [1.29, 1.82) is 0 Å². The van der Waals surface area contributed by atoms with Crippen molar-refractivity contribution < 1.29 is 53.4 Å². The van der Waals surface area contributed by atoms with Crippen molar-refractivity contribution in [3.05, 3.63) is 71.0 Å². The number of carbonyl (C=O) groups excluding carboxylic acids is 3. The minimum atomic E-state index is -1.23. The van der Waals surface area contributed by atoms with E-state index < -0.39 is 17.4 Å². The van der Waals surface area contributed by atoms with Crippen LogP contribution in [-0.4, -0.2) is 40.6 Å². The molecule has 0 aromatic heterocycles. The number of halogens is 1. The van der Waals surface area contributed by atoms with E-state index in [1.54, 1.807) is 42.5 Å². The first-order valence-electron chi connectivity index (χ1n) is 13.2. The average Bonchev–Trinajstić information content (AvgIpc) is 3.14. The first-order valence-corrected chi connectivity index (χ1v) is 13.2. The van der Waals surface area contributed by atoms with E-state index in [-0.39, 0.29) is 77.1 Å². The van der Waals surface area contributed by atoms with E-state index in [2.05, 4.69) is 26.1 Å². The van der Waals surface area contributed by atoms with Gasteiger partial charge in [0.05, 0.1) is 6.04 Å². The predicted octanol–water partition coefficient (Wildman–Crippen LogP) is 1.02. The van der Waals surface area contributed by atoms with Crippen LogP contribution >= 0.6 is 0 Å². The first kappa shape index (κ1) is 31.0. The average molecular weight is 544 g/mol. The van der Waals surface area contributed by atoms with Gasteiger partial charge < -0.3 is 20.1 Å². The van der Waals surface area contributed by atoms with Crippen LogP contribution in [0.25, 0.3) is 0 Å². The van der Waals surface area contributed by atoms with Crippen LogP contribution in [0.4, 0.5) is 4.39 Å². The fourth-order valence-corrected chi connectivity index (χ4v) is 5.72. The number of benzene rings is 2. The van der Waals surface area contributed by atoms with Crippen LogP contribution in [0.2, 0.25) is 0 Å². The summed E-state index contributed by atoms with van der Waals surface area (Å²) in [5.74, 6) is -1.87. The van der Waals surface area contributed by atoms with E-state index in [1.165, 1.54) is 6.07 Å². The Balaban J connectivity index is 0.00000420. The minimum Gasteiger partial charge on any atom is -0.550 e. The van der Waals surface area contributed by atoms with Crippen molar-refractivity contribution >= 4 is 23.5 Å². The summed E-state index contributed by atoms with van der Waals surface area (Å²) in [5, 5.41) is 13.1. The second kappa shape index (κ2) is 12.3. The molecule has 0 unspecified atom stereocenters. The molecule has 0 bridgehead atoms. The van der Waals surface area contributed by atoms with Gasteiger partial charge in [0.15, 0.2) is 0 Å². The molecule has 0 saturated heterocycles. The van der Waals surface area contributed by atoms with E-state index in [0.29, 0.717) is 24.3 Å². The molecule has 1 saturated carbocycles. The minimum absolute atomic E-state index is 0. The van der Waals surface area contributed by atoms with Crippen molar-refractivity contribution in [2.75, 3.05) is 6.54 Å². The van der Waals surface area contributed by atoms with E-state index in [9.17, 15) is 23.9 Å². The third-order valence-electron chi connectivity index (χ3n) is 7.99. The third kappa shape index (κ3) is 6.61. The summed E-state index contributed by atoms with van der Waals surface area (Å²) in [6.45, 7) is 8.63. The van der Waals surface area contributed by atoms with Crippen LogP contribution in [0.1, 0.15) is 87.3 Å². The molecule has 4 rings (SSSR count). The topological polar surface area (TPSA) is 102 Å². The maximum Gasteiger partial charge on any atom is 1.00 e. The number of aliphatic imine (C=N–C) groups is 1. The zero-order valence-corrected chi connectivity index (χ0v) is 25.4. The number of hydrogen-bond donors (Lipinski definition) is 1. The molecule has 9 heteroatoms. The molecule has 1 aliphatic heterocycles. The fraction of sp³-hybridized carbons (Fsp3) is 0.467. The number of hydrogen-bond acceptors (Lipinski definition) is 5. The SMILES string of the molecule is C[C@H](c1ccc(C(=O)NCCC(=O)[O-])cc1)N1C(=O)C(c2ccccc2F)=NC12CCC(C(C)(C)C)CC2.[Na+]. The Bertz CT molecular complexity index is 1250. The van der Waals surface area contributed by atoms with Gasteiger partial charge in [-0.2, -0.15) is 0 Å². The van der Waals surface area contributed by atoms with E-state index >= 15 is 0 Å². The van der Waals surface area contributed by atoms with Gasteiger partial charge in [0.2, 0.25) is 0 Å². The van der Waals surface area contributed by atoms with Gasteiger partial charge in [-0.05, 0) is 73.8 Å². The summed E-state index contributed by atoms with van der Waals surface area (Å²) in [4.78, 5) is 43.6. The van der Waals surface area contributed by atoms with Gasteiger partial charge in [0.1, 0.15) is 17.2 Å². The summed E-state index contributed by atoms with van der Waals surface area (Å²) in [6, 6.07) is 12.8. The van der Waals surface area contributed by atoms with Crippen LogP contribution < -0.4 is 40.0 Å². The number of carbonyl (C=O) groups is 3. The van der Waals surface area contributed by atoms with Gasteiger partial charge in [-0.25, -0.2) is 4.39 Å². The number of carboxylic acids is 1. The van der Waals surface area contributed by atoms with Gasteiger partial charge >= 0.3 is 29.6 Å². The number of rotatable bonds is 7. The van der Waals surface area contributed by atoms with E-state index in [4.69, 9.17) is 4.99 Å². The second-order valence-electron chi connectivity index (χ2n) is 11.4. The van der Waals surface area contributed by atoms with Crippen LogP contribution in [-0.2, 0) is 9.59 Å². The van der Waals surface area contributed by atoms with E-state index in [1.807, 2.05) is 11.8 Å². The number of nitrogens with zero attached hydrogens (tertiary/aromatic N) is 2. The van der Waals surface area contributed by atoms with Gasteiger partial charge in [-0.1, -0.05) is 45.0 Å². The summed E-state index contributed by atoms with van der Waals surface area (Å²) in [7, 11) is 0. The number of amides is 2. The second-order valence-corrected chi connectivity index (χ2v) is 11.4. The van der Waals surface area contributed by atoms with Gasteiger partial charge in [0, 0.05) is 30.1 Å². The van der Waals surface area contributed by atoms with E-state index in [0.717, 1.165) is 18.4 Å². The number of carboxylic acid groups (broad SMARTS) is 1. The largest absolute Gasteiger partial charge is 1.00 e. The Kier molecular flexibility index (Phi) is 9.78. The Labute approximate surface area is 251 Å². The smallest absolute Gasteiger partial charge is 0.550 e. The molecule has 0 radical (unpaired) electrons. The molecule has 2 aromatic rings. The molecule has 2 aromatic carbocycles. The fourth-order valence-electron chi connectivity index (χ4n) is 5.72. The molecular formula is C30H35FN3NaO4. The molecule has 1 atom stereocenters. The molecule has 1 spiro atoms. The quantitative estimate of drug-likeness (QED) is 0.527. The van der Waals surface area contributed by atoms with Gasteiger partial charge in [-0.3, -0.25) is 14.6 Å². The van der Waals surface area contributed by atoms with Crippen molar-refractivity contribution in [3.63, 3.8) is 0 Å². The maximum absolute atomic E-state index is 14.8. The number of nitrogens with one attached hydrogen (secondary N) is 1. The van der Waals surface area contributed by atoms with Crippen molar-refractivity contribution in [3.8, 4) is 0 Å². The summed E-state index contributed by atoms with van der Waals surface area (Å²) < 4.78 is 14.8. The van der Waals surface area contributed by atoms with Crippen molar-refractivity contribution in [1.82, 2.24) is 10.2 Å². The molecule has 1 fully saturated rings. The Hall–Kier alpha value is -2.55. The number of aliphatic carboxylic acids is 1. The van der Waals surface area contributed by atoms with Crippen LogP contribution in [0, 0.1) is 17.2 Å². The molecular weight excluding hydrogens is 508 g/mol. The summed E-state index contributed by atoms with van der Waals surface area (Å²) >= 11 is 0. The van der Waals surface area contributed by atoms with Crippen LogP contribution in [0.15, 0.2) is 53.5 Å². The zero-order valence-electron chi connectivity index (χ0n) is 23.4. The van der Waals surface area contributed by atoms with Crippen molar-refractivity contribution in [2.24, 2.45) is 16.3 Å². The van der Waals surface area contributed by atoms with Gasteiger partial charge in [0.25, 0.3) is 11.8 Å². The molecule has 2 aliphatic rings. The standard InChI is InChI=1S/C30H36FN3O4.Na/c1-19(20-9-11-21(12-10-20)27(37)32-18-15-25(35)36)34-28(38)26(23-7-5-6-8-24(23)31)33-30(34)16-13-22(14-17-30)29(2,3)4;/h5-12,19,22H,13-18H2,1-4H3,(H,32,37)(H,35,36);/q;+1/p-1/t19-,22?,30?;/m1./s1. The molecule has 39 heavy (non-hydrogen) atoms.